The number of carbonyl (C=O) groups is 1. The Balaban J connectivity index is 1.97. The quantitative estimate of drug-likeness (QED) is 0.882. The van der Waals surface area contributed by atoms with Gasteiger partial charge in [-0.05, 0) is 48.4 Å². The fourth-order valence-corrected chi connectivity index (χ4v) is 2.04. The predicted octanol–water partition coefficient (Wildman–Crippen LogP) is 3.80. The first-order valence-electron chi connectivity index (χ1n) is 7.15. The second-order valence-corrected chi connectivity index (χ2v) is 4.91. The van der Waals surface area contributed by atoms with Gasteiger partial charge in [0.05, 0.1) is 19.9 Å². The molecule has 2 N–H and O–H groups in total. The van der Waals surface area contributed by atoms with Crippen LogP contribution in [0.1, 0.15) is 11.1 Å². The smallest absolute Gasteiger partial charge is 0.323 e. The van der Waals surface area contributed by atoms with E-state index >= 15 is 0 Å². The van der Waals surface area contributed by atoms with E-state index in [1.165, 1.54) is 0 Å². The molecule has 0 saturated carbocycles. The van der Waals surface area contributed by atoms with E-state index in [4.69, 9.17) is 9.47 Å². The molecule has 0 radical (unpaired) electrons. The highest BCUT2D eigenvalue weighted by molar-refractivity contribution is 5.92. The van der Waals surface area contributed by atoms with Gasteiger partial charge in [-0.15, -0.1) is 0 Å². The largest absolute Gasteiger partial charge is 0.497 e. The SMILES string of the molecule is COc1cccc(/C=C/NC(=O)Nc2cc(C)ccc2OC)c1. The lowest BCUT2D eigenvalue weighted by Gasteiger charge is -2.10. The summed E-state index contributed by atoms with van der Waals surface area (Å²) in [5, 5.41) is 5.42. The average molecular weight is 312 g/mol. The third-order valence-electron chi connectivity index (χ3n) is 3.19. The minimum Gasteiger partial charge on any atom is -0.497 e. The molecule has 0 aromatic heterocycles. The molecular weight excluding hydrogens is 292 g/mol. The summed E-state index contributed by atoms with van der Waals surface area (Å²) in [5.41, 5.74) is 2.59. The normalized spacial score (nSPS) is 10.4. The minimum absolute atomic E-state index is 0.340. The van der Waals surface area contributed by atoms with Crippen molar-refractivity contribution in [2.24, 2.45) is 0 Å². The highest BCUT2D eigenvalue weighted by Crippen LogP contribution is 2.24. The maximum absolute atomic E-state index is 12.0. The van der Waals surface area contributed by atoms with Crippen LogP contribution >= 0.6 is 0 Å². The summed E-state index contributed by atoms with van der Waals surface area (Å²) in [6, 6.07) is 12.8. The molecule has 0 spiro atoms. The van der Waals surface area contributed by atoms with E-state index < -0.39 is 0 Å². The van der Waals surface area contributed by atoms with E-state index in [9.17, 15) is 4.79 Å². The second kappa shape index (κ2) is 7.89. The van der Waals surface area contributed by atoms with Gasteiger partial charge in [0.25, 0.3) is 0 Å². The summed E-state index contributed by atoms with van der Waals surface area (Å²) < 4.78 is 10.4. The lowest BCUT2D eigenvalue weighted by atomic mass is 10.2. The molecule has 23 heavy (non-hydrogen) atoms. The first kappa shape index (κ1) is 16.4. The summed E-state index contributed by atoms with van der Waals surface area (Å²) in [6.07, 6.45) is 3.36. The number of nitrogens with one attached hydrogen (secondary N) is 2. The Labute approximate surface area is 135 Å². The summed E-state index contributed by atoms with van der Waals surface area (Å²) in [6.45, 7) is 1.95. The summed E-state index contributed by atoms with van der Waals surface area (Å²) >= 11 is 0. The van der Waals surface area contributed by atoms with Crippen molar-refractivity contribution in [1.82, 2.24) is 5.32 Å². The Kier molecular flexibility index (Phi) is 5.63. The summed E-state index contributed by atoms with van der Waals surface area (Å²) in [7, 11) is 3.18. The molecule has 0 fully saturated rings. The fraction of sp³-hybridized carbons (Fsp3) is 0.167. The maximum atomic E-state index is 12.0. The number of hydrogen-bond acceptors (Lipinski definition) is 3. The van der Waals surface area contributed by atoms with Crippen molar-refractivity contribution in [3.8, 4) is 11.5 Å². The molecule has 2 rings (SSSR count). The number of anilines is 1. The topological polar surface area (TPSA) is 59.6 Å². The van der Waals surface area contributed by atoms with E-state index in [2.05, 4.69) is 10.6 Å². The van der Waals surface area contributed by atoms with Crippen LogP contribution in [-0.4, -0.2) is 20.3 Å². The number of aryl methyl sites for hydroxylation is 1. The van der Waals surface area contributed by atoms with E-state index in [-0.39, 0.29) is 6.03 Å². The fourth-order valence-electron chi connectivity index (χ4n) is 2.04. The van der Waals surface area contributed by atoms with Crippen molar-refractivity contribution >= 4 is 17.8 Å². The van der Waals surface area contributed by atoms with Gasteiger partial charge in [0, 0.05) is 6.20 Å². The highest BCUT2D eigenvalue weighted by atomic mass is 16.5. The van der Waals surface area contributed by atoms with Crippen molar-refractivity contribution in [1.29, 1.82) is 0 Å². The third kappa shape index (κ3) is 4.78. The monoisotopic (exact) mass is 312 g/mol. The zero-order chi connectivity index (χ0) is 16.7. The zero-order valence-electron chi connectivity index (χ0n) is 13.4. The molecule has 0 aliphatic carbocycles. The number of methoxy groups -OCH3 is 2. The molecule has 0 heterocycles. The molecule has 0 saturated heterocycles. The molecule has 120 valence electrons. The van der Waals surface area contributed by atoms with Gasteiger partial charge in [-0.1, -0.05) is 18.2 Å². The molecule has 0 aliphatic heterocycles. The highest BCUT2D eigenvalue weighted by Gasteiger charge is 2.06. The molecule has 0 unspecified atom stereocenters. The Hall–Kier alpha value is -2.95. The maximum Gasteiger partial charge on any atom is 0.323 e. The van der Waals surface area contributed by atoms with Gasteiger partial charge in [0.1, 0.15) is 11.5 Å². The molecule has 5 nitrogen and oxygen atoms in total. The molecule has 0 atom stereocenters. The lowest BCUT2D eigenvalue weighted by Crippen LogP contribution is -2.24. The van der Waals surface area contributed by atoms with Crippen LogP contribution < -0.4 is 20.1 Å². The van der Waals surface area contributed by atoms with Crippen LogP contribution in [0.15, 0.2) is 48.7 Å². The average Bonchev–Trinajstić information content (AvgIpc) is 2.55. The Morgan fingerprint density at radius 3 is 2.65 bits per heavy atom. The van der Waals surface area contributed by atoms with Gasteiger partial charge in [-0.3, -0.25) is 0 Å². The van der Waals surface area contributed by atoms with Crippen LogP contribution in [0.2, 0.25) is 0 Å². The van der Waals surface area contributed by atoms with Gasteiger partial charge in [0.15, 0.2) is 0 Å². The standard InChI is InChI=1S/C18H20N2O3/c1-13-7-8-17(23-3)16(11-13)20-18(21)19-10-9-14-5-4-6-15(12-14)22-2/h4-12H,1-3H3,(H2,19,20,21)/b10-9+. The van der Waals surface area contributed by atoms with Crippen LogP contribution in [-0.2, 0) is 0 Å². The Morgan fingerprint density at radius 1 is 1.09 bits per heavy atom. The Morgan fingerprint density at radius 2 is 1.91 bits per heavy atom. The predicted molar refractivity (Wildman–Crippen MR) is 91.9 cm³/mol. The van der Waals surface area contributed by atoms with E-state index in [1.54, 1.807) is 26.5 Å². The number of amides is 2. The number of rotatable bonds is 5. The van der Waals surface area contributed by atoms with Crippen molar-refractivity contribution < 1.29 is 14.3 Å². The van der Waals surface area contributed by atoms with Crippen molar-refractivity contribution in [3.05, 3.63) is 59.8 Å². The molecule has 2 aromatic rings. The Bertz CT molecular complexity index is 711. The molecule has 2 amide bonds. The van der Waals surface area contributed by atoms with Crippen molar-refractivity contribution in [2.45, 2.75) is 6.92 Å². The number of benzene rings is 2. The summed E-state index contributed by atoms with van der Waals surface area (Å²) in [5.74, 6) is 1.38. The van der Waals surface area contributed by atoms with Crippen LogP contribution in [0.25, 0.3) is 6.08 Å². The number of urea groups is 1. The van der Waals surface area contributed by atoms with E-state index in [0.717, 1.165) is 16.9 Å². The van der Waals surface area contributed by atoms with Gasteiger partial charge in [-0.25, -0.2) is 4.79 Å². The van der Waals surface area contributed by atoms with Crippen LogP contribution in [0.5, 0.6) is 11.5 Å². The number of carbonyl (C=O) groups excluding carboxylic acids is 1. The van der Waals surface area contributed by atoms with E-state index in [0.29, 0.717) is 11.4 Å². The van der Waals surface area contributed by atoms with Crippen LogP contribution in [0.3, 0.4) is 0 Å². The minimum atomic E-state index is -0.340. The van der Waals surface area contributed by atoms with Gasteiger partial charge in [0.2, 0.25) is 0 Å². The molecule has 5 heteroatoms. The molecule has 0 bridgehead atoms. The number of hydrogen-bond donors (Lipinski definition) is 2. The summed E-state index contributed by atoms with van der Waals surface area (Å²) in [4.78, 5) is 12.0. The third-order valence-corrected chi connectivity index (χ3v) is 3.19. The second-order valence-electron chi connectivity index (χ2n) is 4.91. The molecule has 0 aliphatic rings. The van der Waals surface area contributed by atoms with Crippen molar-refractivity contribution in [2.75, 3.05) is 19.5 Å². The van der Waals surface area contributed by atoms with Gasteiger partial charge in [-0.2, -0.15) is 0 Å². The zero-order valence-corrected chi connectivity index (χ0v) is 13.4. The first-order valence-corrected chi connectivity index (χ1v) is 7.15. The van der Waals surface area contributed by atoms with Crippen LogP contribution in [0, 0.1) is 6.92 Å². The number of ether oxygens (including phenoxy) is 2. The van der Waals surface area contributed by atoms with Gasteiger partial charge >= 0.3 is 6.03 Å². The van der Waals surface area contributed by atoms with Crippen LogP contribution in [0.4, 0.5) is 10.5 Å². The van der Waals surface area contributed by atoms with Crippen molar-refractivity contribution in [3.63, 3.8) is 0 Å². The lowest BCUT2D eigenvalue weighted by molar-refractivity contribution is 0.255. The van der Waals surface area contributed by atoms with E-state index in [1.807, 2.05) is 49.4 Å². The first-order chi connectivity index (χ1) is 11.1. The molecular formula is C18H20N2O3. The molecule has 2 aromatic carbocycles. The van der Waals surface area contributed by atoms with Gasteiger partial charge < -0.3 is 20.1 Å².